The average Bonchev–Trinajstić information content (AvgIpc) is 1.20. The molecule has 0 spiro atoms. The van der Waals surface area contributed by atoms with Crippen molar-refractivity contribution in [3.05, 3.63) is 0 Å². The maximum absolute atomic E-state index is 5.57. The van der Waals surface area contributed by atoms with Gasteiger partial charge in [0.25, 0.3) is 0 Å². The minimum Gasteiger partial charge on any atom is -0.416 e. The van der Waals surface area contributed by atoms with Crippen LogP contribution in [0.15, 0.2) is 0 Å². The van der Waals surface area contributed by atoms with Crippen molar-refractivity contribution in [3.63, 3.8) is 0 Å². The Balaban J connectivity index is -0.0000000800. The van der Waals surface area contributed by atoms with Crippen LogP contribution >= 0.6 is 0 Å². The number of rotatable bonds is 0. The molecule has 1 aliphatic rings. The Bertz CT molecular complexity index is 99.6. The zero-order valence-corrected chi connectivity index (χ0v) is 7.82. The maximum atomic E-state index is 5.57. The zero-order valence-electron chi connectivity index (χ0n) is 9.82. The first kappa shape index (κ1) is 6.47. The van der Waals surface area contributed by atoms with Gasteiger partial charge in [0.15, 0.2) is 0 Å². The molecular weight excluding hydrogens is 136 g/mol. The summed E-state index contributed by atoms with van der Waals surface area (Å²) in [5, 5.41) is 0. The van der Waals surface area contributed by atoms with Crippen molar-refractivity contribution in [1.29, 1.82) is 0 Å². The summed E-state index contributed by atoms with van der Waals surface area (Å²) in [6.07, 6.45) is 0. The van der Waals surface area contributed by atoms with E-state index >= 15 is 0 Å². The molecule has 0 aromatic carbocycles. The summed E-state index contributed by atoms with van der Waals surface area (Å²) in [7, 11) is -3.05. The van der Waals surface area contributed by atoms with Crippen LogP contribution in [0.5, 0.6) is 0 Å². The molecule has 0 unspecified atom stereocenters. The second kappa shape index (κ2) is 1.44. The summed E-state index contributed by atoms with van der Waals surface area (Å²) in [6, 6.07) is 0. The molecule has 0 atom stereocenters. The first-order chi connectivity index (χ1) is 3.41. The minimum atomic E-state index is -1.52. The van der Waals surface area contributed by atoms with E-state index in [9.17, 15) is 0 Å². The summed E-state index contributed by atoms with van der Waals surface area (Å²) < 4.78 is 11.1. The molecule has 0 bridgehead atoms. The van der Waals surface area contributed by atoms with Crippen LogP contribution in [0, 0.1) is 0 Å². The molecule has 1 fully saturated rings. The lowest BCUT2D eigenvalue weighted by atomic mass is 11.9. The van der Waals surface area contributed by atoms with Gasteiger partial charge in [0.05, 0.1) is 0 Å². The highest BCUT2D eigenvalue weighted by molar-refractivity contribution is 6.92. The molecule has 0 N–H and O–H groups in total. The van der Waals surface area contributed by atoms with Gasteiger partial charge in [-0.15, -0.1) is 0 Å². The zero-order chi connectivity index (χ0) is 6.41. The molecule has 48 valence electrons. The predicted octanol–water partition coefficient (Wildman–Crippen LogP) is 1.89. The van der Waals surface area contributed by atoms with Gasteiger partial charge in [0.2, 0.25) is 0 Å². The quantitative estimate of drug-likeness (QED) is 0.494. The van der Waals surface area contributed by atoms with Crippen LogP contribution in [0.4, 0.5) is 0 Å². The monoisotopic (exact) mass is 152 g/mol. The van der Waals surface area contributed by atoms with Gasteiger partial charge in [0.1, 0.15) is 0 Å². The topological polar surface area (TPSA) is 18.5 Å². The van der Waals surface area contributed by atoms with Crippen molar-refractivity contribution in [2.45, 2.75) is 26.2 Å². The molecule has 4 heteroatoms. The molecule has 2 nitrogen and oxygen atoms in total. The standard InChI is InChI=1S/C4H12O2Si2/c1-7(2)5-8(3,4)6-7/h1-4H3/p+4. The predicted molar refractivity (Wildman–Crippen MR) is 41.6 cm³/mol. The average molecular weight is 152 g/mol. The van der Waals surface area contributed by atoms with Gasteiger partial charge >= 0.3 is 22.8 Å². The Labute approximate surface area is 58.2 Å². The first-order valence-electron chi connectivity index (χ1n) is 2.82. The van der Waals surface area contributed by atoms with Crippen molar-refractivity contribution >= 4 is 17.1 Å². The molecule has 0 radical (unpaired) electrons. The van der Waals surface area contributed by atoms with Gasteiger partial charge in [-0.05, 0) is 26.2 Å². The van der Waals surface area contributed by atoms with Gasteiger partial charge in [-0.25, -0.2) is 0 Å². The molecule has 1 rings (SSSR count). The van der Waals surface area contributed by atoms with Crippen LogP contribution in [0.3, 0.4) is 0 Å². The Morgan fingerprint density at radius 3 is 1.12 bits per heavy atom. The van der Waals surface area contributed by atoms with E-state index < -0.39 is 17.1 Å². The van der Waals surface area contributed by atoms with Gasteiger partial charge in [-0.2, -0.15) is 0 Å². The summed E-state index contributed by atoms with van der Waals surface area (Å²) in [6.45, 7) is 8.30. The van der Waals surface area contributed by atoms with Crippen LogP contribution < -0.4 is 0 Å². The summed E-state index contributed by atoms with van der Waals surface area (Å²) in [5.74, 6) is 0. The van der Waals surface area contributed by atoms with Crippen LogP contribution in [-0.4, -0.2) is 17.1 Å². The van der Waals surface area contributed by atoms with Crippen LogP contribution in [0.1, 0.15) is 5.71 Å². The van der Waals surface area contributed by atoms with E-state index in [0.29, 0.717) is 0 Å². The van der Waals surface area contributed by atoms with Crippen molar-refractivity contribution in [3.8, 4) is 0 Å². The smallest absolute Gasteiger partial charge is 0.416 e. The fourth-order valence-corrected chi connectivity index (χ4v) is 10.7. The fraction of sp³-hybridized carbons (Fsp3) is 1.00. The Hall–Kier alpha value is 0.354. The van der Waals surface area contributed by atoms with Crippen LogP contribution in [0.2, 0.25) is 26.2 Å². The normalized spacial score (nSPS) is 31.5. The third kappa shape index (κ3) is 1.19. The van der Waals surface area contributed by atoms with Crippen LogP contribution in [0.25, 0.3) is 0 Å². The number of hydrogen-bond donors (Lipinski definition) is 0. The van der Waals surface area contributed by atoms with E-state index in [1.165, 1.54) is 0 Å². The minimum absolute atomic E-state index is 0. The van der Waals surface area contributed by atoms with Gasteiger partial charge in [-0.3, -0.25) is 0 Å². The van der Waals surface area contributed by atoms with E-state index in [2.05, 4.69) is 26.2 Å². The lowest BCUT2D eigenvalue weighted by Crippen LogP contribution is -2.64. The Morgan fingerprint density at radius 2 is 1.12 bits per heavy atom. The number of hydrogen-bond acceptors (Lipinski definition) is 2. The highest BCUT2D eigenvalue weighted by Crippen LogP contribution is 2.29. The molecule has 1 aliphatic heterocycles. The van der Waals surface area contributed by atoms with Crippen molar-refractivity contribution < 1.29 is 13.9 Å². The third-order valence-electron chi connectivity index (χ3n) is 0.983. The highest BCUT2D eigenvalue weighted by atomic mass is 28.5. The van der Waals surface area contributed by atoms with Crippen molar-refractivity contribution in [2.24, 2.45) is 0 Å². The summed E-state index contributed by atoms with van der Waals surface area (Å²) in [4.78, 5) is 0. The summed E-state index contributed by atoms with van der Waals surface area (Å²) >= 11 is 0. The van der Waals surface area contributed by atoms with Gasteiger partial charge < -0.3 is 8.23 Å². The van der Waals surface area contributed by atoms with Crippen molar-refractivity contribution in [2.75, 3.05) is 0 Å². The largest absolute Gasteiger partial charge is 1.00 e. The Morgan fingerprint density at radius 1 is 0.875 bits per heavy atom. The fourth-order valence-electron chi connectivity index (χ4n) is 1.19. The van der Waals surface area contributed by atoms with Gasteiger partial charge in [-0.1, -0.05) is 0 Å². The van der Waals surface area contributed by atoms with E-state index in [1.54, 1.807) is 0 Å². The van der Waals surface area contributed by atoms with Crippen LogP contribution in [-0.2, 0) is 8.23 Å². The van der Waals surface area contributed by atoms with E-state index in [4.69, 9.17) is 8.23 Å². The molecule has 1 heterocycles. The molecule has 0 amide bonds. The molecule has 8 heavy (non-hydrogen) atoms. The Kier molecular flexibility index (Phi) is 1.17. The SMILES string of the molecule is C[Si]1(C)O[Si](C)(C)O1.[H+].[H+].[H+].[H+]. The lowest BCUT2D eigenvalue weighted by Gasteiger charge is -2.46. The van der Waals surface area contributed by atoms with E-state index in [1.807, 2.05) is 0 Å². The van der Waals surface area contributed by atoms with E-state index in [-0.39, 0.29) is 5.71 Å². The lowest BCUT2D eigenvalue weighted by molar-refractivity contribution is 0.237. The van der Waals surface area contributed by atoms with Gasteiger partial charge in [0, 0.05) is 0 Å². The molecule has 1 saturated heterocycles. The molecule has 0 aromatic heterocycles. The summed E-state index contributed by atoms with van der Waals surface area (Å²) in [5.41, 5.74) is 0. The maximum Gasteiger partial charge on any atom is 1.00 e. The first-order valence-corrected chi connectivity index (χ1v) is 8.45. The second-order valence-electron chi connectivity index (χ2n) is 3.00. The molecule has 0 aromatic rings. The molecule has 0 saturated carbocycles. The van der Waals surface area contributed by atoms with Crippen molar-refractivity contribution in [1.82, 2.24) is 0 Å². The highest BCUT2D eigenvalue weighted by Gasteiger charge is 2.49. The third-order valence-corrected chi connectivity index (χ3v) is 8.85. The molecule has 0 aliphatic carbocycles. The second-order valence-corrected chi connectivity index (χ2v) is 10.2. The van der Waals surface area contributed by atoms with E-state index in [0.717, 1.165) is 0 Å². The molecular formula is C4H16O2Si2+4.